The minimum atomic E-state index is -4.20. The van der Waals surface area contributed by atoms with Crippen LogP contribution in [0.1, 0.15) is 167 Å². The van der Waals surface area contributed by atoms with Crippen LogP contribution in [0.3, 0.4) is 0 Å². The molecule has 5 saturated carbocycles. The normalized spacial score (nSPS) is 31.6. The molecule has 0 unspecified atom stereocenters. The molecule has 1 N–H and O–H groups in total. The zero-order chi connectivity index (χ0) is 55.7. The van der Waals surface area contributed by atoms with Crippen LogP contribution >= 0.6 is 83.8 Å². The fourth-order valence-electron chi connectivity index (χ4n) is 9.23. The molecule has 5 aliphatic carbocycles. The zero-order valence-electron chi connectivity index (χ0n) is 47.1. The van der Waals surface area contributed by atoms with Crippen molar-refractivity contribution < 1.29 is 144 Å². The van der Waals surface area contributed by atoms with E-state index >= 15 is 0 Å². The van der Waals surface area contributed by atoms with E-state index in [1.165, 1.54) is 38.5 Å². The van der Waals surface area contributed by atoms with Gasteiger partial charge in [0.2, 0.25) is 9.05 Å². The monoisotopic (exact) mass is 1300 g/mol. The number of hydrogen-bond acceptors (Lipinski definition) is 20. The summed E-state index contributed by atoms with van der Waals surface area (Å²) in [6.45, 7) is 22.2. The minimum Gasteiger partial charge on any atom is -0.870 e. The van der Waals surface area contributed by atoms with Gasteiger partial charge >= 0.3 is 64.3 Å². The Morgan fingerprint density at radius 1 is 0.539 bits per heavy atom. The molecule has 0 aromatic carbocycles. The molecule has 10 fully saturated rings. The van der Waals surface area contributed by atoms with Gasteiger partial charge in [0.1, 0.15) is 10.1 Å². The largest absolute Gasteiger partial charge is 1.00 e. The van der Waals surface area contributed by atoms with Crippen LogP contribution in [0, 0.1) is 0 Å². The Morgan fingerprint density at radius 3 is 0.961 bits per heavy atom. The molecule has 10 aliphatic rings. The first-order chi connectivity index (χ1) is 33.6. The maximum absolute atomic E-state index is 11.3. The minimum absolute atomic E-state index is 0. The fourth-order valence-corrected chi connectivity index (χ4v) is 16.0. The van der Waals surface area contributed by atoms with E-state index < -0.39 is 64.2 Å². The van der Waals surface area contributed by atoms with Gasteiger partial charge in [-0.25, -0.2) is 16.8 Å². The molecule has 5 heterocycles. The first-order valence-electron chi connectivity index (χ1n) is 25.4. The van der Waals surface area contributed by atoms with Gasteiger partial charge in [-0.3, -0.25) is 8.96 Å². The summed E-state index contributed by atoms with van der Waals surface area (Å²) in [6, 6.07) is 0. The van der Waals surface area contributed by atoms with E-state index in [0.29, 0.717) is 54.8 Å². The zero-order valence-corrected chi connectivity index (χ0v) is 58.2. The summed E-state index contributed by atoms with van der Waals surface area (Å²) in [4.78, 5) is 0. The molecular formula is C46H80Cl4FNa2O17PS5. The molecule has 76 heavy (non-hydrogen) atoms. The molecule has 17 nitrogen and oxygen atoms in total. The molecule has 5 aliphatic heterocycles. The van der Waals surface area contributed by atoms with E-state index in [1.54, 1.807) is 13.8 Å². The number of thiol groups is 1. The van der Waals surface area contributed by atoms with E-state index in [-0.39, 0.29) is 112 Å². The molecule has 0 spiro atoms. The van der Waals surface area contributed by atoms with E-state index in [4.69, 9.17) is 59.4 Å². The molecule has 0 bridgehead atoms. The van der Waals surface area contributed by atoms with Crippen LogP contribution in [0.25, 0.3) is 0 Å². The first-order valence-corrected chi connectivity index (χ1v) is 35.4. The van der Waals surface area contributed by atoms with E-state index in [2.05, 4.69) is 67.9 Å². The van der Waals surface area contributed by atoms with Crippen molar-refractivity contribution in [3.63, 3.8) is 0 Å². The summed E-state index contributed by atoms with van der Waals surface area (Å²) in [5.41, 5.74) is 0. The third-order valence-electron chi connectivity index (χ3n) is 13.8. The van der Waals surface area contributed by atoms with Gasteiger partial charge in [0.25, 0.3) is 0 Å². The van der Waals surface area contributed by atoms with Gasteiger partial charge in [-0.1, -0.05) is 21.6 Å². The standard InChI is InChI=1S/C18H30O4S2.C9H15ClO4S.C9H16O5S.C9H16O2S.CH3F.Cl3OP.2Na.H2O/c1-15(2)19-11-13(21-15)9-17(5-6-17)23-24-18(7-8-18)10-14-12-20-16(3,4)22-14;2*1-8(2)13-6-7(14-8)5-9(3-4-9)15(10,11)12;1-8(2)10-6-7(11-8)5-9(12)3-4-9;1-2;1-5(2,3)4;;;/h13-14H,5-12H2,1-4H3;7H,3-6H2,1-2H3;7H,3-6H2,1-2H3,(H,10,11,12);7,12H,3-6H2,1-2H3;1H3;;;;1H2/q;;;;;;2*+1;/p-2/t13-,14-;3*7-;;;;;/m1111...../s1/i;;;;1D;;;;. The molecule has 5 atom stereocenters. The SMILES string of the molecule is CC1(C)OC[C@@H](CC2(S(=O)(=O)Cl)CC2)O1.CC1(C)OC[C@@H](CC2(S(=O)(=O)[O-])CC2)O1.CC1(C)OC[C@@H](CC2(S)CC2)O1.CC1(C)OC[C@@H](CC2(SSC3(C[C@@H]4COC(C)(C)O4)CC3)CC2)O1.O=P(Cl)(Cl)Cl.[2H]CF.[Na+].[Na+].[OH-]. The van der Waals surface area contributed by atoms with Crippen LogP contribution in [0.5, 0.6) is 0 Å². The Kier molecular flexibility index (Phi) is 28.0. The smallest absolute Gasteiger partial charge is 0.870 e. The van der Waals surface area contributed by atoms with Crippen molar-refractivity contribution in [1.29, 1.82) is 0 Å². The number of alkyl halides is 1. The van der Waals surface area contributed by atoms with Crippen molar-refractivity contribution in [1.82, 2.24) is 0 Å². The number of ether oxygens (including phenoxy) is 10. The van der Waals surface area contributed by atoms with Crippen molar-refractivity contribution in [2.75, 3.05) is 40.2 Å². The predicted molar refractivity (Wildman–Crippen MR) is 290 cm³/mol. The summed E-state index contributed by atoms with van der Waals surface area (Å²) >= 11 is 18.4. The van der Waals surface area contributed by atoms with Crippen molar-refractivity contribution in [3.8, 4) is 0 Å². The molecule has 5 saturated heterocycles. The average Bonchev–Trinajstić information content (AvgIpc) is 4.04. The number of hydrogen-bond donors (Lipinski definition) is 1. The average molecular weight is 1300 g/mol. The Balaban J connectivity index is 0.000000340. The third-order valence-corrected chi connectivity index (χ3v) is 23.0. The Morgan fingerprint density at radius 2 is 0.776 bits per heavy atom. The van der Waals surface area contributed by atoms with Gasteiger partial charge in [0.15, 0.2) is 28.9 Å². The summed E-state index contributed by atoms with van der Waals surface area (Å²) in [6.07, 6.45) is 14.3. The summed E-state index contributed by atoms with van der Waals surface area (Å²) in [5.74, 6) is -2.43. The van der Waals surface area contributed by atoms with Crippen LogP contribution < -0.4 is 59.1 Å². The molecule has 30 heteroatoms. The summed E-state index contributed by atoms with van der Waals surface area (Å²) in [5, 5.41) is -3.22. The second kappa shape index (κ2) is 28.7. The fraction of sp³-hybridized carbons (Fsp3) is 1.00. The van der Waals surface area contributed by atoms with Gasteiger partial charge in [-0.15, -0.1) is 0 Å². The second-order valence-corrected chi connectivity index (χ2v) is 38.6. The molecule has 438 valence electrons. The Bertz CT molecular complexity index is 2030. The van der Waals surface area contributed by atoms with Crippen LogP contribution in [0.15, 0.2) is 0 Å². The van der Waals surface area contributed by atoms with E-state index in [1.807, 2.05) is 55.4 Å². The predicted octanol–water partition coefficient (Wildman–Crippen LogP) is 5.97. The molecule has 0 amide bonds. The Hall–Kier alpha value is 3.79. The van der Waals surface area contributed by atoms with E-state index in [9.17, 15) is 30.3 Å². The maximum atomic E-state index is 11.3. The molecule has 0 radical (unpaired) electrons. The summed E-state index contributed by atoms with van der Waals surface area (Å²) in [7, 11) is 0.960. The van der Waals surface area contributed by atoms with Crippen LogP contribution in [0.4, 0.5) is 4.39 Å². The van der Waals surface area contributed by atoms with Gasteiger partial charge in [-0.05, 0) is 199 Å². The van der Waals surface area contributed by atoms with Gasteiger partial charge in [-0.2, -0.15) is 12.6 Å². The maximum Gasteiger partial charge on any atom is 1.00 e. The van der Waals surface area contributed by atoms with Crippen molar-refractivity contribution in [2.24, 2.45) is 0 Å². The van der Waals surface area contributed by atoms with E-state index in [0.717, 1.165) is 39.1 Å². The van der Waals surface area contributed by atoms with Crippen molar-refractivity contribution in [2.45, 2.75) is 249 Å². The molecule has 0 aromatic rings. The number of rotatable bonds is 15. The second-order valence-electron chi connectivity index (χ2n) is 23.2. The first kappa shape index (κ1) is 74.0. The van der Waals surface area contributed by atoms with Gasteiger partial charge in [0.05, 0.1) is 81.6 Å². The molecular weight excluding hydrogens is 1220 g/mol. The van der Waals surface area contributed by atoms with Crippen molar-refractivity contribution >= 4 is 103 Å². The van der Waals surface area contributed by atoms with Crippen LogP contribution in [-0.2, 0) is 71.1 Å². The topological polar surface area (TPSA) is 231 Å². The quantitative estimate of drug-likeness (QED) is 0.0497. The van der Waals surface area contributed by atoms with Crippen molar-refractivity contribution in [3.05, 3.63) is 0 Å². The van der Waals surface area contributed by atoms with Gasteiger partial charge in [0, 0.05) is 24.9 Å². The molecule has 0 aromatic heterocycles. The third kappa shape index (κ3) is 25.6. The molecule has 10 rings (SSSR count). The van der Waals surface area contributed by atoms with Crippen LogP contribution in [-0.4, -0.2) is 150 Å². The Labute approximate surface area is 530 Å². The van der Waals surface area contributed by atoms with Crippen LogP contribution in [0.2, 0.25) is 0 Å². The van der Waals surface area contributed by atoms with Gasteiger partial charge < -0.3 is 57.4 Å². The summed E-state index contributed by atoms with van der Waals surface area (Å²) < 4.78 is 136. The number of halogens is 5.